The summed E-state index contributed by atoms with van der Waals surface area (Å²) in [6.45, 7) is 0. The maximum atomic E-state index is 10.6. The van der Waals surface area contributed by atoms with Crippen LogP contribution in [0.25, 0.3) is 0 Å². The summed E-state index contributed by atoms with van der Waals surface area (Å²) >= 11 is 0. The van der Waals surface area contributed by atoms with Gasteiger partial charge in [-0.25, -0.2) is 0 Å². The number of hydrogen-bond acceptors (Lipinski definition) is 15. The minimum atomic E-state index is -0.869. The van der Waals surface area contributed by atoms with E-state index < -0.39 is 29.8 Å². The summed E-state index contributed by atoms with van der Waals surface area (Å²) in [5.41, 5.74) is 0. The van der Waals surface area contributed by atoms with Gasteiger partial charge in [0.25, 0.3) is 0 Å². The number of carbonyl (C=O) groups is 5. The molecule has 300 valence electrons. The molecule has 5 aliphatic heterocycles. The molecule has 0 aromatic rings. The molecule has 0 N–H and O–H groups in total. The van der Waals surface area contributed by atoms with Gasteiger partial charge in [-0.1, -0.05) is 0 Å². The van der Waals surface area contributed by atoms with Crippen molar-refractivity contribution in [1.82, 2.24) is 0 Å². The molecule has 10 aliphatic carbocycles. The van der Waals surface area contributed by atoms with E-state index in [2.05, 4.69) is 0 Å². The van der Waals surface area contributed by atoms with Gasteiger partial charge in [-0.05, 0) is 123 Å². The van der Waals surface area contributed by atoms with E-state index in [0.717, 1.165) is 64.2 Å². The van der Waals surface area contributed by atoms with Crippen molar-refractivity contribution in [2.45, 2.75) is 125 Å². The molecular weight excluding hydrogens is 901 g/mol. The monoisotopic (exact) mass is 946 g/mol. The van der Waals surface area contributed by atoms with Gasteiger partial charge in [-0.2, -0.15) is 0 Å². The summed E-state index contributed by atoms with van der Waals surface area (Å²) in [5.74, 6) is -1.26. The first-order valence-corrected chi connectivity index (χ1v) is 20.7. The van der Waals surface area contributed by atoms with Gasteiger partial charge in [0.15, 0.2) is 0 Å². The molecule has 15 rings (SSSR count). The van der Waals surface area contributed by atoms with Gasteiger partial charge in [0.1, 0.15) is 0 Å². The van der Waals surface area contributed by atoms with Crippen LogP contribution in [0.5, 0.6) is 0 Å². The molecule has 5 heterocycles. The zero-order valence-corrected chi connectivity index (χ0v) is 33.8. The molecule has 16 heteroatoms. The first-order valence-electron chi connectivity index (χ1n) is 20.7. The van der Waals surface area contributed by atoms with Crippen LogP contribution >= 0.6 is 0 Å². The fraction of sp³-hybridized carbons (Fsp3) is 0.875. The predicted octanol–water partition coefficient (Wildman–Crippen LogP) is -4.20. The van der Waals surface area contributed by atoms with Crippen molar-refractivity contribution in [1.29, 1.82) is 0 Å². The van der Waals surface area contributed by atoms with Crippen LogP contribution in [0.2, 0.25) is 0 Å². The third kappa shape index (κ3) is 6.14. The van der Waals surface area contributed by atoms with E-state index in [1.807, 2.05) is 0 Å². The SMILES string of the molecule is O=C([O-])C1CC2CC1C1OC21.O=C([O-])C1CC2CC1C1OC21.O=C([O-])C1CC2CC1C1OC21.O=C([O-])C1CC2CC1C1OC21.O=C([O-])C1CC2CC1C1OC21.[Ta+5]. The predicted molar refractivity (Wildman–Crippen MR) is 167 cm³/mol. The summed E-state index contributed by atoms with van der Waals surface area (Å²) in [6, 6.07) is 0. The van der Waals surface area contributed by atoms with Crippen LogP contribution in [0.15, 0.2) is 0 Å². The molecule has 0 aromatic heterocycles. The third-order valence-electron chi connectivity index (χ3n) is 17.0. The van der Waals surface area contributed by atoms with E-state index in [0.29, 0.717) is 60.1 Å². The van der Waals surface area contributed by atoms with Crippen LogP contribution in [-0.2, 0) is 70.0 Å². The number of aliphatic carboxylic acids is 5. The van der Waals surface area contributed by atoms with E-state index in [-0.39, 0.29) is 112 Å². The molecule has 15 nitrogen and oxygen atoms in total. The summed E-state index contributed by atoms with van der Waals surface area (Å²) < 4.78 is 26.6. The Hall–Kier alpha value is -2.11. The van der Waals surface area contributed by atoms with Crippen molar-refractivity contribution in [3.63, 3.8) is 0 Å². The Kier molecular flexibility index (Phi) is 9.16. The van der Waals surface area contributed by atoms with Gasteiger partial charge in [0.05, 0.1) is 61.0 Å². The molecule has 25 unspecified atom stereocenters. The average molecular weight is 947 g/mol. The number of fused-ring (bicyclic) bond motifs is 25. The number of epoxide rings is 5. The molecule has 5 saturated heterocycles. The Morgan fingerprint density at radius 1 is 0.286 bits per heavy atom. The smallest absolute Gasteiger partial charge is 0.550 e. The van der Waals surface area contributed by atoms with Gasteiger partial charge in [-0.15, -0.1) is 0 Å². The van der Waals surface area contributed by atoms with Crippen molar-refractivity contribution >= 4 is 29.8 Å². The zero-order valence-electron chi connectivity index (χ0n) is 30.6. The molecule has 56 heavy (non-hydrogen) atoms. The standard InChI is InChI=1S/5C8H10O3.Ta/c5*9-8(10)5-2-3-1-4(5)7-6(3)11-7;/h5*3-7H,1-2H2,(H,9,10);/q;;;;;+5/p-5. The van der Waals surface area contributed by atoms with E-state index in [1.165, 1.54) is 0 Å². The van der Waals surface area contributed by atoms with Crippen molar-refractivity contribution in [2.75, 3.05) is 0 Å². The van der Waals surface area contributed by atoms with Crippen LogP contribution in [0, 0.1) is 88.8 Å². The van der Waals surface area contributed by atoms with Gasteiger partial charge >= 0.3 is 22.4 Å². The Morgan fingerprint density at radius 3 is 0.554 bits per heavy atom. The quantitative estimate of drug-likeness (QED) is 0.237. The average Bonchev–Trinajstić information content (AvgIpc) is 4.16. The van der Waals surface area contributed by atoms with Crippen LogP contribution in [0.1, 0.15) is 64.2 Å². The van der Waals surface area contributed by atoms with Gasteiger partial charge in [0, 0.05) is 59.4 Å². The second-order valence-corrected chi connectivity index (χ2v) is 19.4. The maximum absolute atomic E-state index is 10.6. The second-order valence-electron chi connectivity index (χ2n) is 19.4. The summed E-state index contributed by atoms with van der Waals surface area (Å²) in [5, 5.41) is 52.9. The van der Waals surface area contributed by atoms with Gasteiger partial charge in [0.2, 0.25) is 0 Å². The number of rotatable bonds is 5. The fourth-order valence-electron chi connectivity index (χ4n) is 14.4. The third-order valence-corrected chi connectivity index (χ3v) is 17.0. The van der Waals surface area contributed by atoms with Crippen LogP contribution < -0.4 is 25.5 Å². The normalized spacial score (nSPS) is 56.6. The van der Waals surface area contributed by atoms with Crippen LogP contribution in [0.4, 0.5) is 0 Å². The van der Waals surface area contributed by atoms with Gasteiger partial charge < -0.3 is 73.2 Å². The van der Waals surface area contributed by atoms with Crippen LogP contribution in [-0.4, -0.2) is 90.9 Å². The summed E-state index contributed by atoms with van der Waals surface area (Å²) in [4.78, 5) is 52.9. The van der Waals surface area contributed by atoms with Crippen molar-refractivity contribution < 1.29 is 95.6 Å². The number of ether oxygens (including phenoxy) is 5. The second kappa shape index (κ2) is 13.5. The molecule has 10 saturated carbocycles. The van der Waals surface area contributed by atoms with Crippen molar-refractivity contribution in [3.8, 4) is 0 Å². The first kappa shape index (κ1) is 38.1. The topological polar surface area (TPSA) is 263 Å². The Bertz CT molecular complexity index is 1410. The van der Waals surface area contributed by atoms with E-state index in [4.69, 9.17) is 23.7 Å². The van der Waals surface area contributed by atoms with Gasteiger partial charge in [-0.3, -0.25) is 0 Å². The molecule has 0 radical (unpaired) electrons. The fourth-order valence-corrected chi connectivity index (χ4v) is 14.4. The molecular formula is C40H45O15Ta. The number of hydrogen-bond donors (Lipinski definition) is 0. The molecule has 10 bridgehead atoms. The Morgan fingerprint density at radius 2 is 0.446 bits per heavy atom. The van der Waals surface area contributed by atoms with E-state index in [1.54, 1.807) is 0 Å². The van der Waals surface area contributed by atoms with Crippen LogP contribution in [0.3, 0.4) is 0 Å². The van der Waals surface area contributed by atoms with E-state index in [9.17, 15) is 49.5 Å². The molecule has 25 atom stereocenters. The molecule has 0 spiro atoms. The first-order chi connectivity index (χ1) is 26.4. The maximum Gasteiger partial charge on any atom is 5.00 e. The molecule has 15 aliphatic rings. The summed E-state index contributed by atoms with van der Waals surface area (Å²) in [6.07, 6.45) is 12.9. The Balaban J connectivity index is 0.0000000854. The number of carboxylic acids is 5. The molecule has 0 aromatic carbocycles. The van der Waals surface area contributed by atoms with Crippen molar-refractivity contribution in [3.05, 3.63) is 0 Å². The minimum absolute atomic E-state index is 0. The van der Waals surface area contributed by atoms with Crippen molar-refractivity contribution in [2.24, 2.45) is 88.8 Å². The van der Waals surface area contributed by atoms with E-state index >= 15 is 0 Å². The molecule has 0 amide bonds. The molecule has 15 fully saturated rings. The number of carboxylic acid groups (broad SMARTS) is 5. The largest absolute Gasteiger partial charge is 5.00 e. The summed E-state index contributed by atoms with van der Waals surface area (Å²) in [7, 11) is 0. The number of carbonyl (C=O) groups excluding carboxylic acids is 5. The Labute approximate surface area is 338 Å². The zero-order chi connectivity index (χ0) is 37.9. The minimum Gasteiger partial charge on any atom is -0.550 e.